The Bertz CT molecular complexity index is 580. The van der Waals surface area contributed by atoms with E-state index in [1.165, 1.54) is 11.3 Å². The molecule has 0 radical (unpaired) electrons. The van der Waals surface area contributed by atoms with Gasteiger partial charge in [0.1, 0.15) is 5.00 Å². The van der Waals surface area contributed by atoms with Gasteiger partial charge < -0.3 is 16.2 Å². The van der Waals surface area contributed by atoms with Gasteiger partial charge in [-0.2, -0.15) is 0 Å². The number of aromatic carboxylic acids is 1. The molecule has 0 aliphatic heterocycles. The molecule has 94 valence electrons. The highest BCUT2D eigenvalue weighted by molar-refractivity contribution is 7.16. The Kier molecular flexibility index (Phi) is 3.59. The molecule has 0 atom stereocenters. The predicted octanol–water partition coefficient (Wildman–Crippen LogP) is 2.35. The maximum Gasteiger partial charge on any atom is 0.357 e. The van der Waals surface area contributed by atoms with E-state index in [0.717, 1.165) is 11.3 Å². The molecule has 18 heavy (non-hydrogen) atoms. The minimum atomic E-state index is -1.03. The molecule has 0 unspecified atom stereocenters. The highest BCUT2D eigenvalue weighted by atomic mass is 32.1. The lowest BCUT2D eigenvalue weighted by Crippen LogP contribution is -2.02. The van der Waals surface area contributed by atoms with E-state index in [0.29, 0.717) is 16.6 Å². The maximum absolute atomic E-state index is 11.0. The van der Waals surface area contributed by atoms with Crippen molar-refractivity contribution in [2.75, 3.05) is 5.32 Å². The lowest BCUT2D eigenvalue weighted by molar-refractivity contribution is 0.0692. The van der Waals surface area contributed by atoms with Crippen LogP contribution in [0.4, 0.5) is 10.7 Å². The molecule has 0 aliphatic carbocycles. The zero-order chi connectivity index (χ0) is 13.1. The Morgan fingerprint density at radius 3 is 3.00 bits per heavy atom. The third kappa shape index (κ3) is 2.66. The monoisotopic (exact) mass is 263 g/mol. The highest BCUT2D eigenvalue weighted by Crippen LogP contribution is 2.28. The van der Waals surface area contributed by atoms with Crippen LogP contribution < -0.4 is 11.1 Å². The van der Waals surface area contributed by atoms with Gasteiger partial charge in [0.2, 0.25) is 0 Å². The minimum absolute atomic E-state index is 0.0515. The molecule has 0 spiro atoms. The number of nitrogens with zero attached hydrogens (tertiary/aromatic N) is 1. The molecule has 0 bridgehead atoms. The highest BCUT2D eigenvalue weighted by Gasteiger charge is 2.15. The van der Waals surface area contributed by atoms with Crippen molar-refractivity contribution in [3.05, 3.63) is 40.5 Å². The number of anilines is 2. The fraction of sp³-hybridized carbons (Fsp3) is 0.167. The summed E-state index contributed by atoms with van der Waals surface area (Å²) in [5, 5.41) is 13.4. The summed E-state index contributed by atoms with van der Waals surface area (Å²) in [7, 11) is 0. The number of carboxylic acids is 1. The molecule has 0 aliphatic rings. The van der Waals surface area contributed by atoms with E-state index in [4.69, 9.17) is 10.8 Å². The van der Waals surface area contributed by atoms with Gasteiger partial charge >= 0.3 is 5.97 Å². The number of rotatable bonds is 4. The van der Waals surface area contributed by atoms with Gasteiger partial charge in [-0.1, -0.05) is 12.1 Å². The van der Waals surface area contributed by atoms with Crippen molar-refractivity contribution in [1.29, 1.82) is 0 Å². The number of carbonyl (C=O) groups is 1. The third-order valence-electron chi connectivity index (χ3n) is 2.36. The summed E-state index contributed by atoms with van der Waals surface area (Å²) >= 11 is 1.32. The van der Waals surface area contributed by atoms with Crippen LogP contribution in [0.15, 0.2) is 24.3 Å². The molecule has 1 aromatic heterocycles. The van der Waals surface area contributed by atoms with Gasteiger partial charge in [0.05, 0.1) is 5.01 Å². The average Bonchev–Trinajstić information content (AvgIpc) is 2.70. The lowest BCUT2D eigenvalue weighted by Gasteiger charge is -2.05. The van der Waals surface area contributed by atoms with Crippen molar-refractivity contribution in [2.45, 2.75) is 13.5 Å². The van der Waals surface area contributed by atoms with Crippen LogP contribution in [0.1, 0.15) is 21.1 Å². The number of thiazole rings is 1. The summed E-state index contributed by atoms with van der Waals surface area (Å²) in [6, 6.07) is 7.54. The van der Waals surface area contributed by atoms with Crippen molar-refractivity contribution in [2.24, 2.45) is 5.73 Å². The quantitative estimate of drug-likeness (QED) is 0.788. The first-order valence-corrected chi connectivity index (χ1v) is 6.18. The normalized spacial score (nSPS) is 10.3. The number of hydrogen-bond acceptors (Lipinski definition) is 5. The van der Waals surface area contributed by atoms with Gasteiger partial charge in [-0.15, -0.1) is 11.3 Å². The van der Waals surface area contributed by atoms with Crippen molar-refractivity contribution in [3.63, 3.8) is 0 Å². The van der Waals surface area contributed by atoms with Gasteiger partial charge in [0.15, 0.2) is 5.69 Å². The van der Waals surface area contributed by atoms with Crippen LogP contribution >= 0.6 is 11.3 Å². The second kappa shape index (κ2) is 5.16. The molecule has 0 saturated carbocycles. The first-order valence-electron chi connectivity index (χ1n) is 5.37. The predicted molar refractivity (Wildman–Crippen MR) is 71.4 cm³/mol. The van der Waals surface area contributed by atoms with Crippen molar-refractivity contribution in [3.8, 4) is 0 Å². The Balaban J connectivity index is 2.30. The van der Waals surface area contributed by atoms with E-state index in [1.54, 1.807) is 6.92 Å². The molecule has 0 fully saturated rings. The molecule has 4 N–H and O–H groups in total. The summed E-state index contributed by atoms with van der Waals surface area (Å²) in [6.45, 7) is 2.22. The number of nitrogens with one attached hydrogen (secondary N) is 1. The number of aryl methyl sites for hydroxylation is 1. The topological polar surface area (TPSA) is 88.2 Å². The van der Waals surface area contributed by atoms with E-state index < -0.39 is 5.97 Å². The molecule has 0 saturated heterocycles. The smallest absolute Gasteiger partial charge is 0.357 e. The Hall–Kier alpha value is -1.92. The lowest BCUT2D eigenvalue weighted by atomic mass is 10.2. The molecule has 1 aromatic carbocycles. The average molecular weight is 263 g/mol. The van der Waals surface area contributed by atoms with Gasteiger partial charge in [-0.3, -0.25) is 0 Å². The molecule has 2 rings (SSSR count). The largest absolute Gasteiger partial charge is 0.476 e. The van der Waals surface area contributed by atoms with E-state index in [9.17, 15) is 4.79 Å². The van der Waals surface area contributed by atoms with Crippen LogP contribution in [0.3, 0.4) is 0 Å². The van der Waals surface area contributed by atoms with Crippen LogP contribution in [0.5, 0.6) is 0 Å². The summed E-state index contributed by atoms with van der Waals surface area (Å²) in [6.07, 6.45) is 0. The van der Waals surface area contributed by atoms with E-state index in [1.807, 2.05) is 24.3 Å². The fourth-order valence-electron chi connectivity index (χ4n) is 1.56. The van der Waals surface area contributed by atoms with Crippen molar-refractivity contribution < 1.29 is 9.90 Å². The standard InChI is InChI=1S/C12H13N3O2S/c1-7-14-10(12(16)17)11(18-7)15-9-4-2-3-8(5-9)6-13/h2-5,15H,6,13H2,1H3,(H,16,17). The number of carboxylic acid groups (broad SMARTS) is 1. The summed E-state index contributed by atoms with van der Waals surface area (Å²) in [4.78, 5) is 15.0. The van der Waals surface area contributed by atoms with Crippen LogP contribution in [0.25, 0.3) is 0 Å². The third-order valence-corrected chi connectivity index (χ3v) is 3.24. The SMILES string of the molecule is Cc1nc(C(=O)O)c(Nc2cccc(CN)c2)s1. The first kappa shape index (κ1) is 12.5. The number of aromatic nitrogens is 1. The number of benzene rings is 1. The van der Waals surface area contributed by atoms with Gasteiger partial charge in [-0.05, 0) is 24.6 Å². The number of nitrogens with two attached hydrogens (primary N) is 1. The Morgan fingerprint density at radius 2 is 2.33 bits per heavy atom. The maximum atomic E-state index is 11.0. The Labute approximate surface area is 108 Å². The summed E-state index contributed by atoms with van der Waals surface area (Å²) in [5.74, 6) is -1.03. The first-order chi connectivity index (χ1) is 8.60. The zero-order valence-electron chi connectivity index (χ0n) is 9.80. The van der Waals surface area contributed by atoms with E-state index in [2.05, 4.69) is 10.3 Å². The molecule has 6 heteroatoms. The van der Waals surface area contributed by atoms with Crippen LogP contribution in [-0.2, 0) is 6.54 Å². The summed E-state index contributed by atoms with van der Waals surface area (Å²) < 4.78 is 0. The van der Waals surface area contributed by atoms with Gasteiger partial charge in [-0.25, -0.2) is 9.78 Å². The number of hydrogen-bond donors (Lipinski definition) is 3. The van der Waals surface area contributed by atoms with Crippen LogP contribution in [0, 0.1) is 6.92 Å². The molecule has 0 amide bonds. The Morgan fingerprint density at radius 1 is 1.56 bits per heavy atom. The second-order valence-electron chi connectivity index (χ2n) is 3.75. The van der Waals surface area contributed by atoms with Crippen LogP contribution in [-0.4, -0.2) is 16.1 Å². The molecule has 5 nitrogen and oxygen atoms in total. The van der Waals surface area contributed by atoms with Crippen LogP contribution in [0.2, 0.25) is 0 Å². The van der Waals surface area contributed by atoms with Crippen molar-refractivity contribution >= 4 is 28.0 Å². The molecular weight excluding hydrogens is 250 g/mol. The summed E-state index contributed by atoms with van der Waals surface area (Å²) in [5.41, 5.74) is 7.41. The molecular formula is C12H13N3O2S. The van der Waals surface area contributed by atoms with E-state index >= 15 is 0 Å². The van der Waals surface area contributed by atoms with Crippen molar-refractivity contribution in [1.82, 2.24) is 4.98 Å². The second-order valence-corrected chi connectivity index (χ2v) is 4.95. The zero-order valence-corrected chi connectivity index (χ0v) is 10.6. The molecule has 2 aromatic rings. The molecule has 1 heterocycles. The van der Waals surface area contributed by atoms with Gasteiger partial charge in [0.25, 0.3) is 0 Å². The van der Waals surface area contributed by atoms with E-state index in [-0.39, 0.29) is 5.69 Å². The minimum Gasteiger partial charge on any atom is -0.476 e. The fourth-order valence-corrected chi connectivity index (χ4v) is 2.39. The van der Waals surface area contributed by atoms with Gasteiger partial charge in [0, 0.05) is 12.2 Å².